The van der Waals surface area contributed by atoms with Crippen LogP contribution >= 0.6 is 79.4 Å². The fraction of sp³-hybridized carbons (Fsp3) is 0.504. The van der Waals surface area contributed by atoms with Gasteiger partial charge in [-0.3, -0.25) is 0 Å². The van der Waals surface area contributed by atoms with Gasteiger partial charge in [0.25, 0.3) is 0 Å². The molecule has 0 saturated carbocycles. The predicted octanol–water partition coefficient (Wildman–Crippen LogP) is 38.1. The van der Waals surface area contributed by atoms with E-state index in [0.717, 1.165) is 43.1 Å². The largest absolute Gasteiger partial charge is 0.493 e. The van der Waals surface area contributed by atoms with Gasteiger partial charge in [0.1, 0.15) is 17.3 Å². The van der Waals surface area contributed by atoms with E-state index in [9.17, 15) is 0 Å². The summed E-state index contributed by atoms with van der Waals surface area (Å²) in [5.41, 5.74) is 21.2. The van der Waals surface area contributed by atoms with Gasteiger partial charge < -0.3 is 31.9 Å². The van der Waals surface area contributed by atoms with E-state index < -0.39 is 0 Å². The van der Waals surface area contributed by atoms with Crippen LogP contribution in [0.25, 0.3) is 30.3 Å². The summed E-state index contributed by atoms with van der Waals surface area (Å²) in [4.78, 5) is 4.92. The van der Waals surface area contributed by atoms with E-state index in [0.29, 0.717) is 6.79 Å². The van der Waals surface area contributed by atoms with Crippen LogP contribution in [-0.4, -0.2) is 13.4 Å². The van der Waals surface area contributed by atoms with E-state index in [1.807, 2.05) is 246 Å². The van der Waals surface area contributed by atoms with E-state index >= 15 is 0 Å². The first-order chi connectivity index (χ1) is 63.0. The number of hydrogen-bond donors (Lipinski definition) is 0. The molecule has 0 spiro atoms. The third-order valence-electron chi connectivity index (χ3n) is 21.7. The Bertz CT molecular complexity index is 4280. The molecular weight excluding hydrogens is 1690 g/mol. The molecule has 0 bridgehead atoms. The van der Waals surface area contributed by atoms with Crippen LogP contribution in [-0.2, 0) is 122 Å². The number of ether oxygens (including phenoxy) is 3. The molecule has 14 heteroatoms. The van der Waals surface area contributed by atoms with E-state index in [1.54, 1.807) is 88.8 Å². The van der Waals surface area contributed by atoms with Crippen LogP contribution in [0.1, 0.15) is 346 Å². The lowest BCUT2D eigenvalue weighted by Crippen LogP contribution is -1.97. The van der Waals surface area contributed by atoms with Gasteiger partial charge in [0.2, 0.25) is 6.79 Å². The fourth-order valence-electron chi connectivity index (χ4n) is 15.9. The Balaban J connectivity index is 0.000000287. The van der Waals surface area contributed by atoms with Gasteiger partial charge in [-0.1, -0.05) is 171 Å². The topological polar surface area (TPSA) is 80.3 Å². The predicted molar refractivity (Wildman–Crippen MR) is 569 cm³/mol. The van der Waals surface area contributed by atoms with Crippen LogP contribution in [0.3, 0.4) is 0 Å². The molecule has 9 aliphatic carbocycles. The summed E-state index contributed by atoms with van der Waals surface area (Å²) in [6.45, 7) is 45.2. The van der Waals surface area contributed by atoms with E-state index in [4.69, 9.17) is 31.9 Å². The SMILES string of the molecule is CC.CC.CC.CC.CC.CC.CC.CC.CC.CC.CC.c1cc2c(o1)CCC2.c1cc2c(o1)CCCC2.c1cc2c(s1)CCC2.c1cc2c(s1)CCCC2.c1cc2cc3c(cc2s1)CCO3.c1cc2cc3c(cc2s1)OCO3.c1ccc2c3c(sc2c1)CCCC3.c1occ2c1CCC2.c1occ2c1CCCC2.c1scc2c1CCC2.c1scc2c1CCCC2. The van der Waals surface area contributed by atoms with Crippen LogP contribution in [0.5, 0.6) is 17.2 Å². The van der Waals surface area contributed by atoms with Crippen molar-refractivity contribution < 1.29 is 31.9 Å². The first kappa shape index (κ1) is 112. The number of benzene rings is 3. The van der Waals surface area contributed by atoms with Crippen LogP contribution in [0.4, 0.5) is 0 Å². The molecule has 13 heterocycles. The summed E-state index contributed by atoms with van der Waals surface area (Å²) in [5.74, 6) is 5.25. The molecule has 14 aromatic rings. The van der Waals surface area contributed by atoms with Crippen molar-refractivity contribution in [3.8, 4) is 17.2 Å². The van der Waals surface area contributed by atoms with Crippen LogP contribution < -0.4 is 14.2 Å². The monoisotopic (exact) mass is 1860 g/mol. The Morgan fingerprint density at radius 3 is 1.10 bits per heavy atom. The third kappa shape index (κ3) is 36.5. The molecule has 127 heavy (non-hydrogen) atoms. The summed E-state index contributed by atoms with van der Waals surface area (Å²) in [5, 5.41) is 21.8. The van der Waals surface area contributed by atoms with Crippen LogP contribution in [0.2, 0.25) is 0 Å². The summed E-state index contributed by atoms with van der Waals surface area (Å²) in [6.07, 6.45) is 54.2. The second-order valence-corrected chi connectivity index (χ2v) is 35.3. The van der Waals surface area contributed by atoms with Gasteiger partial charge in [0, 0.05) is 54.1 Å². The van der Waals surface area contributed by atoms with E-state index in [1.165, 1.54) is 273 Å². The highest BCUT2D eigenvalue weighted by molar-refractivity contribution is 7.19. The van der Waals surface area contributed by atoms with Gasteiger partial charge in [-0.05, 0) is 390 Å². The van der Waals surface area contributed by atoms with Crippen molar-refractivity contribution in [2.24, 2.45) is 0 Å². The summed E-state index contributed by atoms with van der Waals surface area (Å²) >= 11 is 13.1. The van der Waals surface area contributed by atoms with Crippen molar-refractivity contribution in [1.82, 2.24) is 0 Å². The Morgan fingerprint density at radius 2 is 0.606 bits per heavy atom. The lowest BCUT2D eigenvalue weighted by molar-refractivity contribution is 0.174. The minimum atomic E-state index is 0.354. The third-order valence-corrected chi connectivity index (χ3v) is 28.5. The summed E-state index contributed by atoms with van der Waals surface area (Å²) in [6, 6.07) is 30.2. The average Bonchev–Trinajstić information content (AvgIpc) is 1.78. The Morgan fingerprint density at radius 1 is 0.252 bits per heavy atom. The highest BCUT2D eigenvalue weighted by atomic mass is 32.1. The lowest BCUT2D eigenvalue weighted by Gasteiger charge is -2.09. The van der Waals surface area contributed by atoms with Gasteiger partial charge in [-0.25, -0.2) is 0 Å². The molecule has 25 rings (SSSR count). The zero-order chi connectivity index (χ0) is 92.6. The molecule has 700 valence electrons. The number of furan rings is 4. The standard InChI is InChI=1S/C12H12S.C10H8OS.C9H6O2S.2C8H10O.2C8H10S.2C7H8O.2C7H8S.11C2H6/c1-3-7-11-9(5-1)10-6-2-4-8-12(10)13-11;1-3-11-9-5-8-2-4-12-10(8)6-7(1)9;1-2-12-9-4-8-7(3-6(1)9)10-5-11-8;1-2-4-8-6-9-5-7(8)3-1;1-2-4-8-7(3-1)5-6-9-8;1-2-4-8-6-9-5-7(8)3-1;1-2-4-8-7(3-1)5-6-9-8;1-2-6-4-8-5-7(6)3-1;1-2-6-4-5-8-7(6)3-1;1-2-6-4-8-5-7(6)3-1;1-2-6-4-5-8-7(6)3-1;11*1-2/h1,3,5,7H,2,4,6,8H2;2,4-6H,1,3H2;1-4H,5H2;4*5-6H,1-4H2;4*4-5H,1-3H2;11*1-2H3. The van der Waals surface area contributed by atoms with Crippen molar-refractivity contribution in [2.45, 2.75) is 364 Å². The molecule has 7 nitrogen and oxygen atoms in total. The molecule has 2 aliphatic heterocycles. The van der Waals surface area contributed by atoms with Crippen molar-refractivity contribution in [1.29, 1.82) is 0 Å². The second kappa shape index (κ2) is 69.7. The minimum absolute atomic E-state index is 0.354. The van der Waals surface area contributed by atoms with Gasteiger partial charge in [0.05, 0.1) is 44.2 Å². The van der Waals surface area contributed by atoms with Crippen molar-refractivity contribution in [2.75, 3.05) is 13.4 Å². The molecule has 11 aromatic heterocycles. The summed E-state index contributed by atoms with van der Waals surface area (Å²) in [7, 11) is 0. The molecule has 0 unspecified atom stereocenters. The zero-order valence-corrected chi connectivity index (χ0v) is 88.3. The molecule has 0 amide bonds. The van der Waals surface area contributed by atoms with Gasteiger partial charge in [-0.15, -0.1) is 56.7 Å². The Labute approximate surface area is 799 Å². The number of fused-ring (bicyclic) bond motifs is 15. The average molecular weight is 1860 g/mol. The molecular formula is C113H164O7S7. The minimum Gasteiger partial charge on any atom is -0.493 e. The van der Waals surface area contributed by atoms with Crippen molar-refractivity contribution in [3.05, 3.63) is 270 Å². The normalized spacial score (nSPS) is 13.9. The quantitative estimate of drug-likeness (QED) is 0.150. The molecule has 0 N–H and O–H groups in total. The zero-order valence-electron chi connectivity index (χ0n) is 82.6. The Hall–Kier alpha value is -7.14. The van der Waals surface area contributed by atoms with Crippen LogP contribution in [0.15, 0.2) is 183 Å². The van der Waals surface area contributed by atoms with E-state index in [2.05, 4.69) is 116 Å². The maximum atomic E-state index is 5.48. The lowest BCUT2D eigenvalue weighted by atomic mass is 9.96. The van der Waals surface area contributed by atoms with Crippen molar-refractivity contribution >= 4 is 110 Å². The first-order valence-electron chi connectivity index (χ1n) is 49.8. The first-order valence-corrected chi connectivity index (χ1v) is 56.0. The highest BCUT2D eigenvalue weighted by Gasteiger charge is 2.20. The summed E-state index contributed by atoms with van der Waals surface area (Å²) < 4.78 is 40.6. The Kier molecular flexibility index (Phi) is 61.6. The maximum Gasteiger partial charge on any atom is 0.231 e. The van der Waals surface area contributed by atoms with Crippen molar-refractivity contribution in [3.63, 3.8) is 0 Å². The number of hydrogen-bond acceptors (Lipinski definition) is 14. The van der Waals surface area contributed by atoms with Gasteiger partial charge >= 0.3 is 0 Å². The van der Waals surface area contributed by atoms with Gasteiger partial charge in [0.15, 0.2) is 11.5 Å². The molecule has 0 atom stereocenters. The number of rotatable bonds is 0. The molecule has 3 aromatic carbocycles. The number of thiophene rings is 7. The van der Waals surface area contributed by atoms with E-state index in [-0.39, 0.29) is 0 Å². The van der Waals surface area contributed by atoms with Crippen LogP contribution in [0, 0.1) is 0 Å². The number of aryl methyl sites for hydroxylation is 18. The van der Waals surface area contributed by atoms with Gasteiger partial charge in [-0.2, -0.15) is 22.7 Å². The molecule has 0 radical (unpaired) electrons. The molecule has 0 fully saturated rings. The second-order valence-electron chi connectivity index (χ2n) is 28.8. The molecule has 11 aliphatic rings. The smallest absolute Gasteiger partial charge is 0.231 e. The highest BCUT2D eigenvalue weighted by Crippen LogP contribution is 2.40. The maximum absolute atomic E-state index is 5.48. The molecule has 0 saturated heterocycles. The fourth-order valence-corrected chi connectivity index (χ4v) is 22.6.